The van der Waals surface area contributed by atoms with Crippen molar-refractivity contribution in [3.8, 4) is 11.5 Å². The van der Waals surface area contributed by atoms with E-state index in [1.165, 1.54) is 12.3 Å². The average Bonchev–Trinajstić information content (AvgIpc) is 2.73. The molecule has 2 aromatic carbocycles. The lowest BCUT2D eigenvalue weighted by Gasteiger charge is -2.13. The van der Waals surface area contributed by atoms with Crippen LogP contribution in [0.25, 0.3) is 0 Å². The molecule has 1 atom stereocenters. The van der Waals surface area contributed by atoms with Crippen molar-refractivity contribution in [3.63, 3.8) is 0 Å². The fourth-order valence-corrected chi connectivity index (χ4v) is 3.39. The van der Waals surface area contributed by atoms with E-state index in [1.54, 1.807) is 42.2 Å². The summed E-state index contributed by atoms with van der Waals surface area (Å²) in [5.41, 5.74) is 0.673. The van der Waals surface area contributed by atoms with E-state index in [4.69, 9.17) is 4.74 Å². The zero-order valence-electron chi connectivity index (χ0n) is 15.5. The van der Waals surface area contributed by atoms with Crippen LogP contribution in [-0.2, 0) is 11.3 Å². The lowest BCUT2D eigenvalue weighted by Crippen LogP contribution is -2.29. The van der Waals surface area contributed by atoms with Crippen molar-refractivity contribution in [1.82, 2.24) is 10.3 Å². The van der Waals surface area contributed by atoms with Crippen LogP contribution in [0.1, 0.15) is 12.5 Å². The van der Waals surface area contributed by atoms with Gasteiger partial charge in [-0.25, -0.2) is 4.39 Å². The van der Waals surface area contributed by atoms with Crippen molar-refractivity contribution >= 4 is 17.7 Å². The second-order valence-electron chi connectivity index (χ2n) is 6.30. The van der Waals surface area contributed by atoms with Gasteiger partial charge in [0.25, 0.3) is 0 Å². The van der Waals surface area contributed by atoms with E-state index in [0.29, 0.717) is 17.1 Å². The van der Waals surface area contributed by atoms with Crippen molar-refractivity contribution in [1.29, 1.82) is 0 Å². The summed E-state index contributed by atoms with van der Waals surface area (Å²) in [7, 11) is 0. The van der Waals surface area contributed by atoms with Gasteiger partial charge in [-0.05, 0) is 42.0 Å². The molecule has 0 aliphatic heterocycles. The van der Waals surface area contributed by atoms with E-state index in [2.05, 4.69) is 10.3 Å². The number of nitrogens with zero attached hydrogens (tertiary/aromatic N) is 1. The highest BCUT2D eigenvalue weighted by atomic mass is 32.2. The molecular formula is C22H21FN2O2S. The second kappa shape index (κ2) is 9.90. The molecule has 0 bridgehead atoms. The average molecular weight is 396 g/mol. The van der Waals surface area contributed by atoms with Crippen LogP contribution in [0.15, 0.2) is 78.0 Å². The van der Waals surface area contributed by atoms with Gasteiger partial charge in [0.1, 0.15) is 5.75 Å². The molecule has 6 heteroatoms. The summed E-state index contributed by atoms with van der Waals surface area (Å²) < 4.78 is 19.7. The summed E-state index contributed by atoms with van der Waals surface area (Å²) in [5.74, 6) is 0.580. The molecule has 0 saturated carbocycles. The summed E-state index contributed by atoms with van der Waals surface area (Å²) in [6, 6.07) is 18.0. The summed E-state index contributed by atoms with van der Waals surface area (Å²) in [6.45, 7) is 2.15. The molecule has 28 heavy (non-hydrogen) atoms. The number of hydrogen-bond donors (Lipinski definition) is 1. The first-order chi connectivity index (χ1) is 13.6. The topological polar surface area (TPSA) is 51.2 Å². The van der Waals surface area contributed by atoms with Gasteiger partial charge in [0.2, 0.25) is 5.91 Å². The van der Waals surface area contributed by atoms with Gasteiger partial charge in [0, 0.05) is 29.3 Å². The van der Waals surface area contributed by atoms with Crippen LogP contribution in [0.5, 0.6) is 11.5 Å². The first-order valence-electron chi connectivity index (χ1n) is 8.93. The standard InChI is InChI=1S/C22H21FN2O2S/c1-16(15-28-19-7-3-2-4-8-19)22(26)25-13-17-9-10-21(20(23)12-17)27-18-6-5-11-24-14-18/h2-12,14,16H,13,15H2,1H3,(H,25,26). The molecule has 1 N–H and O–H groups in total. The molecule has 3 aromatic rings. The Hall–Kier alpha value is -2.86. The Kier molecular flexibility index (Phi) is 7.03. The second-order valence-corrected chi connectivity index (χ2v) is 7.39. The first kappa shape index (κ1) is 19.9. The number of hydrogen-bond acceptors (Lipinski definition) is 4. The summed E-state index contributed by atoms with van der Waals surface area (Å²) in [5, 5.41) is 2.86. The maximum absolute atomic E-state index is 14.3. The van der Waals surface area contributed by atoms with Crippen LogP contribution in [0.2, 0.25) is 0 Å². The molecule has 1 aromatic heterocycles. The normalized spacial score (nSPS) is 11.6. The third-order valence-corrected chi connectivity index (χ3v) is 5.29. The highest BCUT2D eigenvalue weighted by Crippen LogP contribution is 2.24. The van der Waals surface area contributed by atoms with Crippen molar-refractivity contribution in [2.45, 2.75) is 18.4 Å². The highest BCUT2D eigenvalue weighted by molar-refractivity contribution is 7.99. The molecule has 1 unspecified atom stereocenters. The van der Waals surface area contributed by atoms with Crippen LogP contribution >= 0.6 is 11.8 Å². The minimum atomic E-state index is -0.483. The van der Waals surface area contributed by atoms with Crippen LogP contribution in [0, 0.1) is 11.7 Å². The number of pyridine rings is 1. The fraction of sp³-hybridized carbons (Fsp3) is 0.182. The Morgan fingerprint density at radius 1 is 1.18 bits per heavy atom. The third-order valence-electron chi connectivity index (χ3n) is 4.02. The van der Waals surface area contributed by atoms with Gasteiger partial charge in [-0.1, -0.05) is 31.2 Å². The Morgan fingerprint density at radius 2 is 2.00 bits per heavy atom. The van der Waals surface area contributed by atoms with Crippen LogP contribution in [0.3, 0.4) is 0 Å². The number of amides is 1. The van der Waals surface area contributed by atoms with Gasteiger partial charge in [-0.2, -0.15) is 0 Å². The molecule has 0 aliphatic rings. The summed E-state index contributed by atoms with van der Waals surface area (Å²) in [4.78, 5) is 17.3. The lowest BCUT2D eigenvalue weighted by molar-refractivity contribution is -0.124. The number of ether oxygens (including phenoxy) is 1. The molecule has 0 aliphatic carbocycles. The minimum Gasteiger partial charge on any atom is -0.453 e. The molecule has 0 saturated heterocycles. The van der Waals surface area contributed by atoms with Crippen LogP contribution in [0.4, 0.5) is 4.39 Å². The minimum absolute atomic E-state index is 0.0560. The van der Waals surface area contributed by atoms with Gasteiger partial charge in [0.15, 0.2) is 11.6 Å². The lowest BCUT2D eigenvalue weighted by atomic mass is 10.1. The summed E-state index contributed by atoms with van der Waals surface area (Å²) >= 11 is 1.64. The zero-order chi connectivity index (χ0) is 19.8. The molecule has 3 rings (SSSR count). The first-order valence-corrected chi connectivity index (χ1v) is 9.92. The van der Waals surface area contributed by atoms with Gasteiger partial charge < -0.3 is 10.1 Å². The summed E-state index contributed by atoms with van der Waals surface area (Å²) in [6.07, 6.45) is 3.14. The number of carbonyl (C=O) groups is 1. The number of nitrogens with one attached hydrogen (secondary N) is 1. The predicted molar refractivity (Wildman–Crippen MR) is 109 cm³/mol. The van der Waals surface area contributed by atoms with Crippen LogP contribution < -0.4 is 10.1 Å². The number of aromatic nitrogens is 1. The van der Waals surface area contributed by atoms with E-state index in [0.717, 1.165) is 4.90 Å². The molecule has 1 heterocycles. The molecule has 0 spiro atoms. The number of rotatable bonds is 8. The van der Waals surface area contributed by atoms with Crippen LogP contribution in [-0.4, -0.2) is 16.6 Å². The smallest absolute Gasteiger partial charge is 0.223 e. The van der Waals surface area contributed by atoms with Gasteiger partial charge in [0.05, 0.1) is 6.20 Å². The Labute approximate surface area is 168 Å². The number of carbonyl (C=O) groups excluding carboxylic acids is 1. The largest absolute Gasteiger partial charge is 0.453 e. The third kappa shape index (κ3) is 5.82. The van der Waals surface area contributed by atoms with Gasteiger partial charge in [-0.15, -0.1) is 11.8 Å². The highest BCUT2D eigenvalue weighted by Gasteiger charge is 2.13. The predicted octanol–water partition coefficient (Wildman–Crippen LogP) is 5.06. The maximum Gasteiger partial charge on any atom is 0.223 e. The maximum atomic E-state index is 14.3. The monoisotopic (exact) mass is 396 g/mol. The Bertz CT molecular complexity index is 907. The van der Waals surface area contributed by atoms with Crippen molar-refractivity contribution in [2.24, 2.45) is 5.92 Å². The molecule has 0 radical (unpaired) electrons. The van der Waals surface area contributed by atoms with Crippen molar-refractivity contribution in [3.05, 3.63) is 84.4 Å². The number of thioether (sulfide) groups is 1. The quantitative estimate of drug-likeness (QED) is 0.541. The number of halogens is 1. The molecule has 4 nitrogen and oxygen atoms in total. The SMILES string of the molecule is CC(CSc1ccccc1)C(=O)NCc1ccc(Oc2cccnc2)c(F)c1. The van der Waals surface area contributed by atoms with E-state index in [1.807, 2.05) is 37.3 Å². The zero-order valence-corrected chi connectivity index (χ0v) is 16.3. The molecule has 144 valence electrons. The van der Waals surface area contributed by atoms with E-state index in [9.17, 15) is 9.18 Å². The molecular weight excluding hydrogens is 375 g/mol. The van der Waals surface area contributed by atoms with E-state index < -0.39 is 5.82 Å². The Morgan fingerprint density at radius 3 is 2.71 bits per heavy atom. The molecule has 1 amide bonds. The van der Waals surface area contributed by atoms with E-state index in [-0.39, 0.29) is 24.1 Å². The van der Waals surface area contributed by atoms with Gasteiger partial charge in [-0.3, -0.25) is 9.78 Å². The van der Waals surface area contributed by atoms with Gasteiger partial charge >= 0.3 is 0 Å². The Balaban J connectivity index is 1.49. The van der Waals surface area contributed by atoms with E-state index >= 15 is 0 Å². The number of benzene rings is 2. The molecule has 0 fully saturated rings. The fourth-order valence-electron chi connectivity index (χ4n) is 2.45. The van der Waals surface area contributed by atoms with Crippen molar-refractivity contribution < 1.29 is 13.9 Å². The van der Waals surface area contributed by atoms with Crippen molar-refractivity contribution in [2.75, 3.05) is 5.75 Å².